The average Bonchev–Trinajstić information content (AvgIpc) is 3.39. The summed E-state index contributed by atoms with van der Waals surface area (Å²) in [7, 11) is 0. The lowest BCUT2D eigenvalue weighted by molar-refractivity contribution is -0.124. The summed E-state index contributed by atoms with van der Waals surface area (Å²) in [4.78, 5) is 18.1. The van der Waals surface area contributed by atoms with Crippen LogP contribution in [0.5, 0.6) is 5.75 Å². The highest BCUT2D eigenvalue weighted by Gasteiger charge is 2.44. The fraction of sp³-hybridized carbons (Fsp3) is 0.458. The van der Waals surface area contributed by atoms with Crippen LogP contribution in [-0.4, -0.2) is 55.3 Å². The van der Waals surface area contributed by atoms with E-state index in [0.29, 0.717) is 6.04 Å². The molecule has 0 aliphatic carbocycles. The van der Waals surface area contributed by atoms with E-state index < -0.39 is 0 Å². The fourth-order valence-corrected chi connectivity index (χ4v) is 5.01. The van der Waals surface area contributed by atoms with E-state index >= 15 is 0 Å². The van der Waals surface area contributed by atoms with Gasteiger partial charge in [-0.05, 0) is 43.0 Å². The minimum absolute atomic E-state index is 0.0343. The molecular weight excluding hydrogens is 364 g/mol. The quantitative estimate of drug-likeness (QED) is 0.801. The normalized spacial score (nSPS) is 25.2. The van der Waals surface area contributed by atoms with Crippen LogP contribution >= 0.6 is 0 Å². The first-order valence-electron chi connectivity index (χ1n) is 10.7. The number of hydrogen-bond donors (Lipinski definition) is 0. The number of anilines is 1. The Bertz CT molecular complexity index is 850. The predicted molar refractivity (Wildman–Crippen MR) is 112 cm³/mol. The smallest absolute Gasteiger partial charge is 0.244 e. The number of amides is 1. The molecule has 3 heterocycles. The molecule has 0 bridgehead atoms. The van der Waals surface area contributed by atoms with Gasteiger partial charge in [-0.15, -0.1) is 0 Å². The fourth-order valence-electron chi connectivity index (χ4n) is 5.01. The maximum absolute atomic E-state index is 13.7. The van der Waals surface area contributed by atoms with Gasteiger partial charge in [0, 0.05) is 44.5 Å². The van der Waals surface area contributed by atoms with E-state index in [2.05, 4.69) is 23.1 Å². The van der Waals surface area contributed by atoms with Crippen LogP contribution in [0.3, 0.4) is 0 Å². The molecule has 0 saturated carbocycles. The number of carbonyl (C=O) groups excluding carboxylic acids is 1. The van der Waals surface area contributed by atoms with Crippen molar-refractivity contribution >= 4 is 11.6 Å². The number of benzene rings is 2. The minimum Gasteiger partial charge on any atom is -0.489 e. The lowest BCUT2D eigenvalue weighted by Gasteiger charge is -2.36. The molecule has 5 nitrogen and oxygen atoms in total. The van der Waals surface area contributed by atoms with Crippen LogP contribution < -0.4 is 9.64 Å². The van der Waals surface area contributed by atoms with Crippen molar-refractivity contribution in [2.75, 3.05) is 31.2 Å². The summed E-state index contributed by atoms with van der Waals surface area (Å²) >= 11 is 0. The van der Waals surface area contributed by atoms with Crippen LogP contribution in [0.25, 0.3) is 0 Å². The third kappa shape index (κ3) is 3.77. The maximum atomic E-state index is 13.7. The van der Waals surface area contributed by atoms with Gasteiger partial charge in [0.2, 0.25) is 5.91 Å². The Kier molecular flexibility index (Phi) is 5.25. The molecule has 5 heteroatoms. The topological polar surface area (TPSA) is 42.0 Å². The van der Waals surface area contributed by atoms with Gasteiger partial charge in [0.05, 0.1) is 6.04 Å². The molecule has 2 saturated heterocycles. The molecule has 0 radical (unpaired) electrons. The highest BCUT2D eigenvalue weighted by molar-refractivity contribution is 5.99. The van der Waals surface area contributed by atoms with Gasteiger partial charge < -0.3 is 14.4 Å². The number of likely N-dealkylation sites (tertiary alicyclic amines) is 1. The van der Waals surface area contributed by atoms with Crippen LogP contribution in [0, 0.1) is 0 Å². The van der Waals surface area contributed by atoms with Crippen molar-refractivity contribution in [3.05, 3.63) is 60.2 Å². The molecule has 2 fully saturated rings. The number of hydrogen-bond acceptors (Lipinski definition) is 4. The molecule has 5 rings (SSSR count). The molecule has 0 spiro atoms. The van der Waals surface area contributed by atoms with Gasteiger partial charge in [-0.25, -0.2) is 0 Å². The largest absolute Gasteiger partial charge is 0.489 e. The van der Waals surface area contributed by atoms with Crippen LogP contribution in [0.15, 0.2) is 54.6 Å². The highest BCUT2D eigenvalue weighted by Crippen LogP contribution is 2.33. The summed E-state index contributed by atoms with van der Waals surface area (Å²) in [5, 5.41) is 0. The zero-order valence-corrected chi connectivity index (χ0v) is 16.7. The SMILES string of the molecule is O=C([C@@H]1C[C@H](Oc2ccccc2)CN1C1CCOCC1)N1CCc2ccccc21. The minimum atomic E-state index is -0.127. The third-order valence-corrected chi connectivity index (χ3v) is 6.44. The van der Waals surface area contributed by atoms with Crippen molar-refractivity contribution in [1.82, 2.24) is 4.90 Å². The molecule has 1 amide bonds. The summed E-state index contributed by atoms with van der Waals surface area (Å²) in [6, 6.07) is 18.5. The second-order valence-electron chi connectivity index (χ2n) is 8.21. The Morgan fingerprint density at radius 1 is 1.00 bits per heavy atom. The standard InChI is InChI=1S/C24H28N2O3/c27-24(25-13-10-18-6-4-5-9-22(18)25)23-16-21(29-20-7-2-1-3-8-20)17-26(23)19-11-14-28-15-12-19/h1-9,19,21,23H,10-17H2/t21-,23-/m0/s1. The Labute approximate surface area is 172 Å². The summed E-state index contributed by atoms with van der Waals surface area (Å²) in [5.41, 5.74) is 2.35. The Morgan fingerprint density at radius 2 is 1.76 bits per heavy atom. The lowest BCUT2D eigenvalue weighted by Crippen LogP contribution is -2.50. The molecule has 0 N–H and O–H groups in total. The lowest BCUT2D eigenvalue weighted by atomic mass is 10.1. The van der Waals surface area contributed by atoms with Gasteiger partial charge in [0.25, 0.3) is 0 Å². The first kappa shape index (κ1) is 18.6. The van der Waals surface area contributed by atoms with Gasteiger partial charge in [0.1, 0.15) is 11.9 Å². The van der Waals surface area contributed by atoms with E-state index in [-0.39, 0.29) is 18.1 Å². The van der Waals surface area contributed by atoms with E-state index in [1.54, 1.807) is 0 Å². The summed E-state index contributed by atoms with van der Waals surface area (Å²) in [6.45, 7) is 3.13. The molecule has 29 heavy (non-hydrogen) atoms. The molecule has 2 aromatic carbocycles. The van der Waals surface area contributed by atoms with Crippen molar-refractivity contribution in [3.8, 4) is 5.75 Å². The van der Waals surface area contributed by atoms with Gasteiger partial charge in [0.15, 0.2) is 0 Å². The van der Waals surface area contributed by atoms with Crippen molar-refractivity contribution in [3.63, 3.8) is 0 Å². The predicted octanol–water partition coefficient (Wildman–Crippen LogP) is 3.28. The van der Waals surface area contributed by atoms with Crippen molar-refractivity contribution in [1.29, 1.82) is 0 Å². The molecule has 0 unspecified atom stereocenters. The zero-order valence-electron chi connectivity index (χ0n) is 16.7. The van der Waals surface area contributed by atoms with Crippen molar-refractivity contribution in [2.24, 2.45) is 0 Å². The molecule has 2 atom stereocenters. The van der Waals surface area contributed by atoms with Gasteiger partial charge >= 0.3 is 0 Å². The van der Waals surface area contributed by atoms with Gasteiger partial charge in [-0.3, -0.25) is 9.69 Å². The van der Waals surface area contributed by atoms with Crippen LogP contribution in [0.4, 0.5) is 5.69 Å². The zero-order chi connectivity index (χ0) is 19.6. The van der Waals surface area contributed by atoms with Crippen LogP contribution in [0.2, 0.25) is 0 Å². The number of rotatable bonds is 4. The first-order chi connectivity index (χ1) is 14.3. The number of carbonyl (C=O) groups is 1. The summed E-state index contributed by atoms with van der Waals surface area (Å²) in [5.74, 6) is 1.10. The van der Waals surface area contributed by atoms with E-state index in [1.165, 1.54) is 5.56 Å². The number of para-hydroxylation sites is 2. The average molecular weight is 392 g/mol. The number of nitrogens with zero attached hydrogens (tertiary/aromatic N) is 2. The number of ether oxygens (including phenoxy) is 2. The van der Waals surface area contributed by atoms with E-state index in [0.717, 1.165) is 63.4 Å². The van der Waals surface area contributed by atoms with Crippen molar-refractivity contribution in [2.45, 2.75) is 43.9 Å². The molecular formula is C24H28N2O3. The van der Waals surface area contributed by atoms with Gasteiger partial charge in [-0.2, -0.15) is 0 Å². The Balaban J connectivity index is 1.37. The maximum Gasteiger partial charge on any atom is 0.244 e. The van der Waals surface area contributed by atoms with E-state index in [4.69, 9.17) is 9.47 Å². The Hall–Kier alpha value is -2.37. The van der Waals surface area contributed by atoms with Crippen LogP contribution in [-0.2, 0) is 16.0 Å². The number of fused-ring (bicyclic) bond motifs is 1. The molecule has 0 aromatic heterocycles. The van der Waals surface area contributed by atoms with E-state index in [1.807, 2.05) is 41.3 Å². The van der Waals surface area contributed by atoms with Gasteiger partial charge in [-0.1, -0.05) is 36.4 Å². The second kappa shape index (κ2) is 8.17. The first-order valence-corrected chi connectivity index (χ1v) is 10.7. The summed E-state index contributed by atoms with van der Waals surface area (Å²) < 4.78 is 11.8. The molecule has 2 aromatic rings. The molecule has 152 valence electrons. The van der Waals surface area contributed by atoms with Crippen LogP contribution in [0.1, 0.15) is 24.8 Å². The monoisotopic (exact) mass is 392 g/mol. The molecule has 3 aliphatic heterocycles. The summed E-state index contributed by atoms with van der Waals surface area (Å²) in [6.07, 6.45) is 3.68. The third-order valence-electron chi connectivity index (χ3n) is 6.44. The molecule has 3 aliphatic rings. The van der Waals surface area contributed by atoms with Crippen molar-refractivity contribution < 1.29 is 14.3 Å². The van der Waals surface area contributed by atoms with E-state index in [9.17, 15) is 4.79 Å². The highest BCUT2D eigenvalue weighted by atomic mass is 16.5. The second-order valence-corrected chi connectivity index (χ2v) is 8.21. The Morgan fingerprint density at radius 3 is 2.59 bits per heavy atom.